The molecule has 0 radical (unpaired) electrons. The Kier molecular flexibility index (Phi) is 4.61. The van der Waals surface area contributed by atoms with Gasteiger partial charge in [0.15, 0.2) is 0 Å². The summed E-state index contributed by atoms with van der Waals surface area (Å²) in [5.74, 6) is -0.581. The highest BCUT2D eigenvalue weighted by Crippen LogP contribution is 2.37. The smallest absolute Gasteiger partial charge is 0.312 e. The van der Waals surface area contributed by atoms with Gasteiger partial charge in [-0.3, -0.25) is 9.59 Å². The lowest BCUT2D eigenvalue weighted by atomic mass is 10.0. The molecule has 130 valence electrons. The van der Waals surface area contributed by atoms with E-state index in [-0.39, 0.29) is 18.9 Å². The number of hydrogen-bond donors (Lipinski definition) is 1. The standard InChI is InChI=1S/C19H19NO5/c1-24-13-7-8-17(25-2)12(9-13)10-18(21)20-11-15(19(22)23)14-5-3-4-6-16(14)20/h3-9,15H,10-11H2,1-2H3,(H,22,23). The van der Waals surface area contributed by atoms with E-state index in [4.69, 9.17) is 9.47 Å². The third-order valence-electron chi connectivity index (χ3n) is 4.40. The second-order valence-electron chi connectivity index (χ2n) is 5.81. The van der Waals surface area contributed by atoms with Gasteiger partial charge >= 0.3 is 5.97 Å². The van der Waals surface area contributed by atoms with Crippen LogP contribution in [-0.2, 0) is 16.0 Å². The van der Waals surface area contributed by atoms with Gasteiger partial charge in [0.1, 0.15) is 17.4 Å². The van der Waals surface area contributed by atoms with Crippen molar-refractivity contribution in [2.45, 2.75) is 12.3 Å². The van der Waals surface area contributed by atoms with Crippen molar-refractivity contribution in [3.05, 3.63) is 53.6 Å². The fourth-order valence-electron chi connectivity index (χ4n) is 3.13. The second-order valence-corrected chi connectivity index (χ2v) is 5.81. The molecule has 1 amide bonds. The molecule has 0 aromatic heterocycles. The Labute approximate surface area is 145 Å². The van der Waals surface area contributed by atoms with Crippen molar-refractivity contribution in [2.24, 2.45) is 0 Å². The van der Waals surface area contributed by atoms with Crippen LogP contribution in [0.1, 0.15) is 17.0 Å². The van der Waals surface area contributed by atoms with E-state index in [2.05, 4.69) is 0 Å². The Morgan fingerprint density at radius 3 is 2.60 bits per heavy atom. The first-order chi connectivity index (χ1) is 12.0. The zero-order valence-corrected chi connectivity index (χ0v) is 14.1. The number of ether oxygens (including phenoxy) is 2. The molecule has 1 atom stereocenters. The van der Waals surface area contributed by atoms with Gasteiger partial charge in [-0.1, -0.05) is 18.2 Å². The molecular formula is C19H19NO5. The summed E-state index contributed by atoms with van der Waals surface area (Å²) in [5.41, 5.74) is 2.02. The molecule has 0 aliphatic carbocycles. The lowest BCUT2D eigenvalue weighted by Gasteiger charge is -2.18. The first-order valence-corrected chi connectivity index (χ1v) is 7.88. The van der Waals surface area contributed by atoms with E-state index >= 15 is 0 Å². The average Bonchev–Trinajstić information content (AvgIpc) is 3.01. The highest BCUT2D eigenvalue weighted by molar-refractivity contribution is 6.00. The maximum absolute atomic E-state index is 12.9. The molecule has 25 heavy (non-hydrogen) atoms. The summed E-state index contributed by atoms with van der Waals surface area (Å²) >= 11 is 0. The SMILES string of the molecule is COc1ccc(OC)c(CC(=O)N2CC(C(=O)O)c3ccccc32)c1. The minimum atomic E-state index is -0.929. The van der Waals surface area contributed by atoms with Gasteiger partial charge in [-0.05, 0) is 29.8 Å². The predicted octanol–water partition coefficient (Wildman–Crippen LogP) is 2.46. The van der Waals surface area contributed by atoms with Gasteiger partial charge in [-0.2, -0.15) is 0 Å². The number of rotatable bonds is 5. The number of carbonyl (C=O) groups is 2. The predicted molar refractivity (Wildman–Crippen MR) is 92.4 cm³/mol. The number of amides is 1. The number of carboxylic acids is 1. The van der Waals surface area contributed by atoms with E-state index in [0.717, 1.165) is 0 Å². The number of hydrogen-bond acceptors (Lipinski definition) is 4. The minimum absolute atomic E-state index is 0.0983. The average molecular weight is 341 g/mol. The molecular weight excluding hydrogens is 322 g/mol. The fourth-order valence-corrected chi connectivity index (χ4v) is 3.13. The third-order valence-corrected chi connectivity index (χ3v) is 4.40. The highest BCUT2D eigenvalue weighted by atomic mass is 16.5. The molecule has 0 spiro atoms. The summed E-state index contributed by atoms with van der Waals surface area (Å²) in [6, 6.07) is 12.4. The van der Waals surface area contributed by atoms with Crippen LogP contribution in [0.4, 0.5) is 5.69 Å². The normalized spacial score (nSPS) is 15.6. The van der Waals surface area contributed by atoms with Crippen molar-refractivity contribution in [2.75, 3.05) is 25.7 Å². The molecule has 2 aromatic carbocycles. The van der Waals surface area contributed by atoms with Gasteiger partial charge in [0.25, 0.3) is 0 Å². The Balaban J connectivity index is 1.89. The summed E-state index contributed by atoms with van der Waals surface area (Å²) in [4.78, 5) is 25.9. The molecule has 2 aromatic rings. The van der Waals surface area contributed by atoms with Crippen LogP contribution >= 0.6 is 0 Å². The van der Waals surface area contributed by atoms with Crippen LogP contribution in [0, 0.1) is 0 Å². The zero-order chi connectivity index (χ0) is 18.0. The van der Waals surface area contributed by atoms with E-state index in [0.29, 0.717) is 28.3 Å². The lowest BCUT2D eigenvalue weighted by molar-refractivity contribution is -0.138. The molecule has 0 fully saturated rings. The van der Waals surface area contributed by atoms with E-state index in [1.165, 1.54) is 4.90 Å². The quantitative estimate of drug-likeness (QED) is 0.904. The molecule has 6 nitrogen and oxygen atoms in total. The monoisotopic (exact) mass is 341 g/mol. The minimum Gasteiger partial charge on any atom is -0.497 e. The van der Waals surface area contributed by atoms with Gasteiger partial charge in [0.05, 0.1) is 20.6 Å². The number of fused-ring (bicyclic) bond motifs is 1. The van der Waals surface area contributed by atoms with E-state index < -0.39 is 11.9 Å². The van der Waals surface area contributed by atoms with Crippen LogP contribution in [0.2, 0.25) is 0 Å². The van der Waals surface area contributed by atoms with E-state index in [9.17, 15) is 14.7 Å². The number of anilines is 1. The number of carbonyl (C=O) groups excluding carboxylic acids is 1. The molecule has 0 bridgehead atoms. The molecule has 0 saturated carbocycles. The van der Waals surface area contributed by atoms with Gasteiger partial charge < -0.3 is 19.5 Å². The Morgan fingerprint density at radius 1 is 1.16 bits per heavy atom. The maximum Gasteiger partial charge on any atom is 0.312 e. The molecule has 1 aliphatic heterocycles. The van der Waals surface area contributed by atoms with Crippen molar-refractivity contribution in [1.29, 1.82) is 0 Å². The Hall–Kier alpha value is -3.02. The van der Waals surface area contributed by atoms with Crippen molar-refractivity contribution in [3.8, 4) is 11.5 Å². The maximum atomic E-state index is 12.9. The van der Waals surface area contributed by atoms with Crippen molar-refractivity contribution < 1.29 is 24.2 Å². The van der Waals surface area contributed by atoms with E-state index in [1.54, 1.807) is 56.7 Å². The first kappa shape index (κ1) is 16.8. The van der Waals surface area contributed by atoms with Crippen molar-refractivity contribution >= 4 is 17.6 Å². The van der Waals surface area contributed by atoms with Gasteiger partial charge in [-0.15, -0.1) is 0 Å². The van der Waals surface area contributed by atoms with Crippen LogP contribution < -0.4 is 14.4 Å². The van der Waals surface area contributed by atoms with Gasteiger partial charge in [0.2, 0.25) is 5.91 Å². The number of nitrogens with zero attached hydrogens (tertiary/aromatic N) is 1. The molecule has 1 heterocycles. The molecule has 3 rings (SSSR count). The fraction of sp³-hybridized carbons (Fsp3) is 0.263. The van der Waals surface area contributed by atoms with Crippen molar-refractivity contribution in [1.82, 2.24) is 0 Å². The number of benzene rings is 2. The number of para-hydroxylation sites is 1. The Morgan fingerprint density at radius 2 is 1.92 bits per heavy atom. The summed E-state index contributed by atoms with van der Waals surface area (Å²) in [6.45, 7) is 0.139. The highest BCUT2D eigenvalue weighted by Gasteiger charge is 2.36. The number of aliphatic carboxylic acids is 1. The molecule has 1 aliphatic rings. The van der Waals surface area contributed by atoms with Crippen LogP contribution in [0.25, 0.3) is 0 Å². The van der Waals surface area contributed by atoms with Crippen molar-refractivity contribution in [3.63, 3.8) is 0 Å². The second kappa shape index (κ2) is 6.84. The van der Waals surface area contributed by atoms with Crippen LogP contribution in [-0.4, -0.2) is 37.7 Å². The first-order valence-electron chi connectivity index (χ1n) is 7.88. The van der Waals surface area contributed by atoms with Crippen LogP contribution in [0.3, 0.4) is 0 Å². The van der Waals surface area contributed by atoms with E-state index in [1.807, 2.05) is 0 Å². The Bertz CT molecular complexity index is 817. The van der Waals surface area contributed by atoms with Crippen LogP contribution in [0.5, 0.6) is 11.5 Å². The lowest BCUT2D eigenvalue weighted by Crippen LogP contribution is -2.32. The molecule has 1 unspecified atom stereocenters. The summed E-state index contributed by atoms with van der Waals surface area (Å²) in [6.07, 6.45) is 0.0983. The number of methoxy groups -OCH3 is 2. The van der Waals surface area contributed by atoms with Crippen LogP contribution in [0.15, 0.2) is 42.5 Å². The largest absolute Gasteiger partial charge is 0.497 e. The topological polar surface area (TPSA) is 76.1 Å². The molecule has 1 N–H and O–H groups in total. The third kappa shape index (κ3) is 3.15. The molecule has 0 saturated heterocycles. The number of carboxylic acid groups (broad SMARTS) is 1. The summed E-state index contributed by atoms with van der Waals surface area (Å²) in [5, 5.41) is 9.43. The van der Waals surface area contributed by atoms with Gasteiger partial charge in [0, 0.05) is 17.8 Å². The zero-order valence-electron chi connectivity index (χ0n) is 14.1. The van der Waals surface area contributed by atoms with Gasteiger partial charge in [-0.25, -0.2) is 0 Å². The molecule has 6 heteroatoms. The summed E-state index contributed by atoms with van der Waals surface area (Å²) < 4.78 is 10.5. The summed E-state index contributed by atoms with van der Waals surface area (Å²) in [7, 11) is 3.10.